The molecule has 32 heavy (non-hydrogen) atoms. The van der Waals surface area contributed by atoms with Crippen LogP contribution in [-0.2, 0) is 22.6 Å². The second kappa shape index (κ2) is 7.78. The minimum atomic E-state index is -0.830. The standard InChI is InChI=1S/C24H23N3O5/c28-21(25-10-8-15(9-11-25)23(30)31)17-6-3-7-19(12-17)27-22(29)20-13-16-4-1-2-5-18(16)14-26(20)24(27)32/h1-7,12,15,20H,8-11,13-14H2,(H,30,31). The summed E-state index contributed by atoms with van der Waals surface area (Å²) >= 11 is 0. The molecular formula is C24H23N3O5. The molecule has 2 saturated heterocycles. The molecule has 2 aromatic rings. The molecule has 5 rings (SSSR count). The van der Waals surface area contributed by atoms with Gasteiger partial charge in [0.2, 0.25) is 0 Å². The fourth-order valence-corrected chi connectivity index (χ4v) is 4.84. The number of fused-ring (bicyclic) bond motifs is 2. The number of benzene rings is 2. The molecule has 3 heterocycles. The minimum absolute atomic E-state index is 0.222. The van der Waals surface area contributed by atoms with Gasteiger partial charge in [-0.25, -0.2) is 9.69 Å². The average Bonchev–Trinajstić information content (AvgIpc) is 3.06. The molecule has 3 aliphatic heterocycles. The van der Waals surface area contributed by atoms with Gasteiger partial charge in [0.1, 0.15) is 6.04 Å². The van der Waals surface area contributed by atoms with Gasteiger partial charge in [0.05, 0.1) is 11.6 Å². The Balaban J connectivity index is 1.36. The summed E-state index contributed by atoms with van der Waals surface area (Å²) in [5.74, 6) is -1.76. The van der Waals surface area contributed by atoms with Crippen LogP contribution >= 0.6 is 0 Å². The summed E-state index contributed by atoms with van der Waals surface area (Å²) in [5.41, 5.74) is 2.88. The maximum absolute atomic E-state index is 13.2. The van der Waals surface area contributed by atoms with Crippen LogP contribution in [0.4, 0.5) is 10.5 Å². The molecule has 0 spiro atoms. The van der Waals surface area contributed by atoms with Gasteiger partial charge in [-0.3, -0.25) is 14.4 Å². The first-order valence-electron chi connectivity index (χ1n) is 10.8. The largest absolute Gasteiger partial charge is 0.481 e. The number of carbonyl (C=O) groups is 4. The van der Waals surface area contributed by atoms with Crippen LogP contribution in [0.3, 0.4) is 0 Å². The Morgan fingerprint density at radius 3 is 2.38 bits per heavy atom. The van der Waals surface area contributed by atoms with Crippen molar-refractivity contribution in [3.8, 4) is 0 Å². The highest BCUT2D eigenvalue weighted by atomic mass is 16.4. The van der Waals surface area contributed by atoms with E-state index in [1.165, 1.54) is 4.90 Å². The molecule has 0 aromatic heterocycles. The van der Waals surface area contributed by atoms with Gasteiger partial charge in [-0.2, -0.15) is 0 Å². The maximum Gasteiger partial charge on any atom is 0.332 e. The number of aliphatic carboxylic acids is 1. The van der Waals surface area contributed by atoms with Crippen LogP contribution < -0.4 is 4.90 Å². The van der Waals surface area contributed by atoms with Crippen molar-refractivity contribution in [3.05, 3.63) is 65.2 Å². The SMILES string of the molecule is O=C(O)C1CCN(C(=O)c2cccc(N3C(=O)C4Cc5ccccc5CN4C3=O)c2)CC1. The number of likely N-dealkylation sites (tertiary alicyclic amines) is 1. The van der Waals surface area contributed by atoms with Gasteiger partial charge >= 0.3 is 12.0 Å². The molecule has 2 aromatic carbocycles. The van der Waals surface area contributed by atoms with Crippen LogP contribution in [0.25, 0.3) is 0 Å². The zero-order valence-electron chi connectivity index (χ0n) is 17.4. The number of hydrogen-bond donors (Lipinski definition) is 1. The van der Waals surface area contributed by atoms with E-state index in [-0.39, 0.29) is 17.8 Å². The molecular weight excluding hydrogens is 410 g/mol. The number of imide groups is 1. The minimum Gasteiger partial charge on any atom is -0.481 e. The number of carbonyl (C=O) groups excluding carboxylic acids is 3. The summed E-state index contributed by atoms with van der Waals surface area (Å²) in [7, 11) is 0. The van der Waals surface area contributed by atoms with E-state index >= 15 is 0 Å². The Bertz CT molecular complexity index is 1080. The van der Waals surface area contributed by atoms with E-state index in [9.17, 15) is 19.2 Å². The highest BCUT2D eigenvalue weighted by Gasteiger charge is 2.47. The summed E-state index contributed by atoms with van der Waals surface area (Å²) in [5, 5.41) is 9.16. The van der Waals surface area contributed by atoms with E-state index in [2.05, 4.69) is 0 Å². The van der Waals surface area contributed by atoms with E-state index in [0.29, 0.717) is 50.1 Å². The van der Waals surface area contributed by atoms with Crippen molar-refractivity contribution < 1.29 is 24.3 Å². The first-order chi connectivity index (χ1) is 15.4. The number of amides is 4. The lowest BCUT2D eigenvalue weighted by Crippen LogP contribution is -2.40. The van der Waals surface area contributed by atoms with Gasteiger partial charge in [0.25, 0.3) is 11.8 Å². The fraction of sp³-hybridized carbons (Fsp3) is 0.333. The number of anilines is 1. The number of carboxylic acids is 1. The number of carboxylic acid groups (broad SMARTS) is 1. The smallest absolute Gasteiger partial charge is 0.332 e. The van der Waals surface area contributed by atoms with Crippen LogP contribution in [0.15, 0.2) is 48.5 Å². The molecule has 1 unspecified atom stereocenters. The van der Waals surface area contributed by atoms with E-state index < -0.39 is 17.9 Å². The van der Waals surface area contributed by atoms with Crippen molar-refractivity contribution in [2.75, 3.05) is 18.0 Å². The molecule has 0 bridgehead atoms. The van der Waals surface area contributed by atoms with Gasteiger partial charge < -0.3 is 14.9 Å². The summed E-state index contributed by atoms with van der Waals surface area (Å²) < 4.78 is 0. The van der Waals surface area contributed by atoms with Crippen molar-refractivity contribution in [3.63, 3.8) is 0 Å². The predicted octanol–water partition coefficient (Wildman–Crippen LogP) is 2.52. The topological polar surface area (TPSA) is 98.2 Å². The van der Waals surface area contributed by atoms with Gasteiger partial charge in [-0.05, 0) is 42.2 Å². The summed E-state index contributed by atoms with van der Waals surface area (Å²) in [6.45, 7) is 1.13. The molecule has 164 valence electrons. The Morgan fingerprint density at radius 1 is 0.938 bits per heavy atom. The van der Waals surface area contributed by atoms with Gasteiger partial charge in [-0.15, -0.1) is 0 Å². The Morgan fingerprint density at radius 2 is 1.66 bits per heavy atom. The number of piperidine rings is 1. The normalized spacial score (nSPS) is 20.9. The molecule has 0 aliphatic carbocycles. The Labute approximate surface area is 185 Å². The van der Waals surface area contributed by atoms with Gasteiger partial charge in [0, 0.05) is 31.6 Å². The lowest BCUT2D eigenvalue weighted by Gasteiger charge is -2.30. The van der Waals surface area contributed by atoms with Crippen LogP contribution in [0.2, 0.25) is 0 Å². The second-order valence-corrected chi connectivity index (χ2v) is 8.53. The van der Waals surface area contributed by atoms with Gasteiger partial charge in [0.15, 0.2) is 0 Å². The first-order valence-corrected chi connectivity index (χ1v) is 10.8. The molecule has 4 amide bonds. The van der Waals surface area contributed by atoms with Crippen LogP contribution in [-0.4, -0.2) is 57.9 Å². The molecule has 8 heteroatoms. The third-order valence-electron chi connectivity index (χ3n) is 6.67. The summed E-state index contributed by atoms with van der Waals surface area (Å²) in [6, 6.07) is 13.5. The summed E-state index contributed by atoms with van der Waals surface area (Å²) in [6.07, 6.45) is 1.32. The van der Waals surface area contributed by atoms with Crippen molar-refractivity contribution in [2.24, 2.45) is 5.92 Å². The monoisotopic (exact) mass is 433 g/mol. The lowest BCUT2D eigenvalue weighted by molar-refractivity contribution is -0.143. The highest BCUT2D eigenvalue weighted by Crippen LogP contribution is 2.33. The van der Waals surface area contributed by atoms with E-state index in [1.807, 2.05) is 24.3 Å². The number of nitrogens with zero attached hydrogens (tertiary/aromatic N) is 3. The maximum atomic E-state index is 13.2. The van der Waals surface area contributed by atoms with E-state index in [0.717, 1.165) is 11.1 Å². The number of hydrogen-bond acceptors (Lipinski definition) is 4. The van der Waals surface area contributed by atoms with E-state index in [1.54, 1.807) is 34.1 Å². The summed E-state index contributed by atoms with van der Waals surface area (Å²) in [4.78, 5) is 54.8. The molecule has 0 saturated carbocycles. The second-order valence-electron chi connectivity index (χ2n) is 8.53. The van der Waals surface area contributed by atoms with Crippen molar-refractivity contribution >= 4 is 29.5 Å². The number of urea groups is 1. The number of rotatable bonds is 3. The molecule has 3 aliphatic rings. The third kappa shape index (κ3) is 3.32. The average molecular weight is 433 g/mol. The van der Waals surface area contributed by atoms with Crippen molar-refractivity contribution in [1.82, 2.24) is 9.80 Å². The lowest BCUT2D eigenvalue weighted by atomic mass is 9.95. The van der Waals surface area contributed by atoms with Gasteiger partial charge in [-0.1, -0.05) is 30.3 Å². The predicted molar refractivity (Wildman–Crippen MR) is 115 cm³/mol. The molecule has 1 N–H and O–H groups in total. The zero-order chi connectivity index (χ0) is 22.4. The van der Waals surface area contributed by atoms with Crippen molar-refractivity contribution in [1.29, 1.82) is 0 Å². The fourth-order valence-electron chi connectivity index (χ4n) is 4.84. The van der Waals surface area contributed by atoms with Crippen LogP contribution in [0.5, 0.6) is 0 Å². The molecule has 8 nitrogen and oxygen atoms in total. The quantitative estimate of drug-likeness (QED) is 0.750. The zero-order valence-corrected chi connectivity index (χ0v) is 17.4. The van der Waals surface area contributed by atoms with Crippen LogP contribution in [0.1, 0.15) is 34.3 Å². The highest BCUT2D eigenvalue weighted by molar-refractivity contribution is 6.21. The third-order valence-corrected chi connectivity index (χ3v) is 6.67. The Hall–Kier alpha value is -3.68. The molecule has 1 atom stereocenters. The molecule has 0 radical (unpaired) electrons. The van der Waals surface area contributed by atoms with E-state index in [4.69, 9.17) is 5.11 Å². The Kier molecular flexibility index (Phi) is 4.92. The van der Waals surface area contributed by atoms with Crippen LogP contribution in [0, 0.1) is 5.92 Å². The molecule has 2 fully saturated rings. The van der Waals surface area contributed by atoms with Crippen molar-refractivity contribution in [2.45, 2.75) is 31.8 Å². The first kappa shape index (κ1) is 20.2.